The molecule has 2 unspecified atom stereocenters. The Hall–Kier alpha value is -1.33. The molecule has 2 heterocycles. The Morgan fingerprint density at radius 1 is 1.60 bits per heavy atom. The van der Waals surface area contributed by atoms with Gasteiger partial charge in [0, 0.05) is 13.2 Å². The Morgan fingerprint density at radius 2 is 2.40 bits per heavy atom. The van der Waals surface area contributed by atoms with Crippen molar-refractivity contribution in [3.63, 3.8) is 0 Å². The lowest BCUT2D eigenvalue weighted by Crippen LogP contribution is -2.41. The molecule has 0 radical (unpaired) electrons. The van der Waals surface area contributed by atoms with Crippen molar-refractivity contribution in [2.45, 2.75) is 45.3 Å². The van der Waals surface area contributed by atoms with Crippen LogP contribution in [-0.4, -0.2) is 41.8 Å². The highest BCUT2D eigenvalue weighted by atomic mass is 16.5. The van der Waals surface area contributed by atoms with Crippen molar-refractivity contribution < 1.29 is 19.1 Å². The first-order valence-electron chi connectivity index (χ1n) is 7.30. The quantitative estimate of drug-likeness (QED) is 0.868. The molecule has 1 fully saturated rings. The highest BCUT2D eigenvalue weighted by Crippen LogP contribution is 2.26. The maximum atomic E-state index is 10.9. The number of rotatable bonds is 6. The predicted octanol–water partition coefficient (Wildman–Crippen LogP) is 2.93. The molecule has 1 aliphatic heterocycles. The summed E-state index contributed by atoms with van der Waals surface area (Å²) in [6, 6.07) is 3.35. The number of carboxylic acids is 1. The van der Waals surface area contributed by atoms with Crippen molar-refractivity contribution in [1.82, 2.24) is 4.90 Å². The minimum atomic E-state index is -1.02. The van der Waals surface area contributed by atoms with Gasteiger partial charge >= 0.3 is 5.97 Å². The Bertz CT molecular complexity index is 443. The average Bonchev–Trinajstić information content (AvgIpc) is 2.94. The smallest absolute Gasteiger partial charge is 0.371 e. The van der Waals surface area contributed by atoms with Crippen molar-refractivity contribution in [2.75, 3.05) is 19.7 Å². The molecule has 0 aliphatic carbocycles. The van der Waals surface area contributed by atoms with Gasteiger partial charge in [-0.15, -0.1) is 0 Å². The van der Waals surface area contributed by atoms with Crippen LogP contribution in [0.15, 0.2) is 16.5 Å². The summed E-state index contributed by atoms with van der Waals surface area (Å²) in [5.74, 6) is -0.313. The number of furan rings is 1. The van der Waals surface area contributed by atoms with Crippen LogP contribution in [0.3, 0.4) is 0 Å². The Balaban J connectivity index is 1.96. The van der Waals surface area contributed by atoms with Gasteiger partial charge in [0.25, 0.3) is 0 Å². The van der Waals surface area contributed by atoms with Crippen molar-refractivity contribution in [1.29, 1.82) is 0 Å². The second-order valence-electron chi connectivity index (χ2n) is 5.31. The fourth-order valence-corrected chi connectivity index (χ4v) is 2.61. The first-order valence-corrected chi connectivity index (χ1v) is 7.30. The molecular weight excluding hydrogens is 258 g/mol. The van der Waals surface area contributed by atoms with Crippen LogP contribution in [-0.2, 0) is 4.74 Å². The summed E-state index contributed by atoms with van der Waals surface area (Å²) in [5.41, 5.74) is 0. The number of ether oxygens (including phenoxy) is 1. The Kier molecular flexibility index (Phi) is 5.20. The third-order valence-electron chi connectivity index (χ3n) is 3.76. The summed E-state index contributed by atoms with van der Waals surface area (Å²) in [6.07, 6.45) is 3.51. The van der Waals surface area contributed by atoms with E-state index in [4.69, 9.17) is 14.3 Å². The minimum Gasteiger partial charge on any atom is -0.475 e. The number of carbonyl (C=O) groups is 1. The zero-order valence-corrected chi connectivity index (χ0v) is 12.2. The SMILES string of the molecule is CCCOC1CCCN(C(C)c2ccc(C(=O)O)o2)C1. The van der Waals surface area contributed by atoms with Crippen LogP contribution in [0.2, 0.25) is 0 Å². The number of piperidine rings is 1. The topological polar surface area (TPSA) is 62.9 Å². The second-order valence-corrected chi connectivity index (χ2v) is 5.31. The van der Waals surface area contributed by atoms with Crippen molar-refractivity contribution in [3.05, 3.63) is 23.7 Å². The molecule has 20 heavy (non-hydrogen) atoms. The van der Waals surface area contributed by atoms with Gasteiger partial charge in [0.15, 0.2) is 0 Å². The van der Waals surface area contributed by atoms with E-state index >= 15 is 0 Å². The van der Waals surface area contributed by atoms with Crippen LogP contribution in [0.1, 0.15) is 55.5 Å². The van der Waals surface area contributed by atoms with Gasteiger partial charge < -0.3 is 14.3 Å². The number of nitrogens with zero attached hydrogens (tertiary/aromatic N) is 1. The van der Waals surface area contributed by atoms with E-state index in [0.717, 1.165) is 39.0 Å². The fraction of sp³-hybridized carbons (Fsp3) is 0.667. The van der Waals surface area contributed by atoms with Crippen LogP contribution in [0.4, 0.5) is 0 Å². The van der Waals surface area contributed by atoms with Crippen molar-refractivity contribution in [2.24, 2.45) is 0 Å². The molecule has 1 saturated heterocycles. The molecule has 1 N–H and O–H groups in total. The first-order chi connectivity index (χ1) is 9.61. The standard InChI is InChI=1S/C15H23NO4/c1-3-9-19-12-5-4-8-16(10-12)11(2)13-6-7-14(20-13)15(17)18/h6-7,11-12H,3-5,8-10H2,1-2H3,(H,17,18). The van der Waals surface area contributed by atoms with Crippen LogP contribution in [0, 0.1) is 0 Å². The van der Waals surface area contributed by atoms with E-state index in [-0.39, 0.29) is 17.9 Å². The normalized spacial score (nSPS) is 21.8. The van der Waals surface area contributed by atoms with E-state index in [1.165, 1.54) is 6.07 Å². The average molecular weight is 281 g/mol. The number of carboxylic acid groups (broad SMARTS) is 1. The zero-order valence-electron chi connectivity index (χ0n) is 12.2. The Labute approximate surface area is 119 Å². The van der Waals surface area contributed by atoms with E-state index in [0.29, 0.717) is 5.76 Å². The van der Waals surface area contributed by atoms with Crippen molar-refractivity contribution in [3.8, 4) is 0 Å². The summed E-state index contributed by atoms with van der Waals surface area (Å²) in [4.78, 5) is 13.2. The maximum absolute atomic E-state index is 10.9. The van der Waals surface area contributed by atoms with Crippen molar-refractivity contribution >= 4 is 5.97 Å². The van der Waals surface area contributed by atoms with Crippen LogP contribution < -0.4 is 0 Å². The van der Waals surface area contributed by atoms with Crippen LogP contribution >= 0.6 is 0 Å². The number of likely N-dealkylation sites (tertiary alicyclic amines) is 1. The van der Waals surface area contributed by atoms with Gasteiger partial charge in [-0.2, -0.15) is 0 Å². The molecule has 1 aromatic heterocycles. The molecule has 5 heteroatoms. The lowest BCUT2D eigenvalue weighted by molar-refractivity contribution is -0.0132. The monoisotopic (exact) mass is 281 g/mol. The number of hydrogen-bond acceptors (Lipinski definition) is 4. The van der Waals surface area contributed by atoms with Gasteiger partial charge in [-0.3, -0.25) is 4.90 Å². The van der Waals surface area contributed by atoms with E-state index in [1.54, 1.807) is 6.07 Å². The van der Waals surface area contributed by atoms with Gasteiger partial charge in [0.05, 0.1) is 12.1 Å². The lowest BCUT2D eigenvalue weighted by Gasteiger charge is -2.35. The fourth-order valence-electron chi connectivity index (χ4n) is 2.61. The Morgan fingerprint density at radius 3 is 3.05 bits per heavy atom. The molecule has 5 nitrogen and oxygen atoms in total. The first kappa shape index (κ1) is 15.1. The number of aromatic carboxylic acids is 1. The molecule has 0 amide bonds. The van der Waals surface area contributed by atoms with Crippen LogP contribution in [0.5, 0.6) is 0 Å². The summed E-state index contributed by atoms with van der Waals surface area (Å²) < 4.78 is 11.2. The highest BCUT2D eigenvalue weighted by Gasteiger charge is 2.26. The summed E-state index contributed by atoms with van der Waals surface area (Å²) in [7, 11) is 0. The van der Waals surface area contributed by atoms with Gasteiger partial charge in [0.1, 0.15) is 5.76 Å². The van der Waals surface area contributed by atoms with E-state index in [9.17, 15) is 4.79 Å². The van der Waals surface area contributed by atoms with Gasteiger partial charge in [0.2, 0.25) is 5.76 Å². The maximum Gasteiger partial charge on any atom is 0.371 e. The summed E-state index contributed by atoms with van der Waals surface area (Å²) >= 11 is 0. The summed E-state index contributed by atoms with van der Waals surface area (Å²) in [6.45, 7) is 6.84. The molecule has 0 saturated carbocycles. The molecule has 0 aromatic carbocycles. The van der Waals surface area contributed by atoms with E-state index in [2.05, 4.69) is 11.8 Å². The highest BCUT2D eigenvalue weighted by molar-refractivity contribution is 5.84. The molecule has 1 aliphatic rings. The molecule has 2 atom stereocenters. The molecule has 2 rings (SSSR count). The van der Waals surface area contributed by atoms with Crippen LogP contribution in [0.25, 0.3) is 0 Å². The minimum absolute atomic E-state index is 0.00245. The summed E-state index contributed by atoms with van der Waals surface area (Å²) in [5, 5.41) is 8.90. The zero-order chi connectivity index (χ0) is 14.5. The molecular formula is C15H23NO4. The van der Waals surface area contributed by atoms with E-state index < -0.39 is 5.97 Å². The third-order valence-corrected chi connectivity index (χ3v) is 3.76. The lowest BCUT2D eigenvalue weighted by atomic mass is 10.1. The van der Waals surface area contributed by atoms with E-state index in [1.807, 2.05) is 6.92 Å². The second kappa shape index (κ2) is 6.90. The molecule has 0 spiro atoms. The molecule has 112 valence electrons. The largest absolute Gasteiger partial charge is 0.475 e. The molecule has 1 aromatic rings. The van der Waals surface area contributed by atoms with Gasteiger partial charge in [-0.25, -0.2) is 4.79 Å². The van der Waals surface area contributed by atoms with Gasteiger partial charge in [-0.1, -0.05) is 6.92 Å². The predicted molar refractivity (Wildman–Crippen MR) is 74.9 cm³/mol. The third kappa shape index (κ3) is 3.61. The van der Waals surface area contributed by atoms with Gasteiger partial charge in [-0.05, 0) is 44.9 Å². The molecule has 0 bridgehead atoms. The number of hydrogen-bond donors (Lipinski definition) is 1.